The predicted octanol–water partition coefficient (Wildman–Crippen LogP) is 0.796. The molecule has 0 heterocycles. The van der Waals surface area contributed by atoms with Crippen LogP contribution in [0.25, 0.3) is 10.8 Å². The fourth-order valence-electron chi connectivity index (χ4n) is 2.04. The van der Waals surface area contributed by atoms with E-state index in [0.29, 0.717) is 6.26 Å². The molecule has 0 saturated heterocycles. The Labute approximate surface area is 139 Å². The van der Waals surface area contributed by atoms with Gasteiger partial charge in [0.25, 0.3) is 10.1 Å². The Balaban J connectivity index is 2.88. The fraction of sp³-hybridized carbons (Fsp3) is 0.167. The molecule has 0 radical (unpaired) electrons. The van der Waals surface area contributed by atoms with E-state index in [1.807, 2.05) is 0 Å². The molecule has 9 nitrogen and oxygen atoms in total. The van der Waals surface area contributed by atoms with Gasteiger partial charge in [0.1, 0.15) is 4.90 Å². The number of rotatable bonds is 5. The third-order valence-electron chi connectivity index (χ3n) is 2.78. The van der Waals surface area contributed by atoms with E-state index in [4.69, 9.17) is 4.18 Å². The molecular weight excluding hydrogens is 382 g/mol. The Bertz CT molecular complexity index is 1120. The van der Waals surface area contributed by atoms with Crippen LogP contribution >= 0.6 is 0 Å². The van der Waals surface area contributed by atoms with E-state index in [1.54, 1.807) is 0 Å². The molecule has 0 unspecified atom stereocenters. The van der Waals surface area contributed by atoms with E-state index in [-0.39, 0.29) is 16.5 Å². The van der Waals surface area contributed by atoms with Gasteiger partial charge < -0.3 is 4.18 Å². The fourth-order valence-corrected chi connectivity index (χ4v) is 3.78. The van der Waals surface area contributed by atoms with Crippen molar-refractivity contribution in [3.63, 3.8) is 0 Å². The van der Waals surface area contributed by atoms with Gasteiger partial charge in [0, 0.05) is 10.8 Å². The maximum absolute atomic E-state index is 11.5. The van der Waals surface area contributed by atoms with Crippen molar-refractivity contribution in [3.8, 4) is 5.75 Å². The molecule has 132 valence electrons. The van der Waals surface area contributed by atoms with Crippen LogP contribution in [0.1, 0.15) is 0 Å². The first-order chi connectivity index (χ1) is 10.8. The van der Waals surface area contributed by atoms with Crippen LogP contribution in [-0.2, 0) is 30.3 Å². The summed E-state index contributed by atoms with van der Waals surface area (Å²) in [5.74, 6) is -0.616. The van der Waals surface area contributed by atoms with Gasteiger partial charge in [-0.3, -0.25) is 9.27 Å². The van der Waals surface area contributed by atoms with Gasteiger partial charge in [0.15, 0.2) is 5.75 Å². The second kappa shape index (κ2) is 5.88. The lowest BCUT2D eigenvalue weighted by molar-refractivity contribution is 0.468. The Morgan fingerprint density at radius 3 is 2.04 bits per heavy atom. The van der Waals surface area contributed by atoms with E-state index in [1.165, 1.54) is 24.3 Å². The van der Waals surface area contributed by atoms with Crippen molar-refractivity contribution in [1.82, 2.24) is 0 Å². The van der Waals surface area contributed by atoms with Crippen molar-refractivity contribution in [2.45, 2.75) is 4.90 Å². The predicted molar refractivity (Wildman–Crippen MR) is 87.7 cm³/mol. The van der Waals surface area contributed by atoms with Crippen LogP contribution < -0.4 is 8.91 Å². The molecule has 0 spiro atoms. The van der Waals surface area contributed by atoms with Gasteiger partial charge in [0.2, 0.25) is 10.0 Å². The lowest BCUT2D eigenvalue weighted by atomic mass is 10.1. The van der Waals surface area contributed by atoms with Crippen LogP contribution in [0.5, 0.6) is 5.75 Å². The van der Waals surface area contributed by atoms with E-state index in [9.17, 15) is 29.8 Å². The molecule has 0 aliphatic carbocycles. The standard InChI is InChI=1S/C12H13NO8S3/c1-22(14,15)13-10-5-3-4-9-8(10)6-7-11(24(18,19)20)12(9)21-23(2,16)17/h3-7,13H,1-2H3,(H,18,19,20). The molecule has 0 amide bonds. The SMILES string of the molecule is CS(=O)(=O)Nc1cccc2c(OS(C)(=O)=O)c(S(=O)(=O)O)ccc12. The largest absolute Gasteiger partial charge is 0.380 e. The van der Waals surface area contributed by atoms with Crippen LogP contribution in [-0.4, -0.2) is 42.3 Å². The number of benzene rings is 2. The highest BCUT2D eigenvalue weighted by Gasteiger charge is 2.23. The Morgan fingerprint density at radius 1 is 0.917 bits per heavy atom. The summed E-state index contributed by atoms with van der Waals surface area (Å²) in [4.78, 5) is -0.753. The second-order valence-electron chi connectivity index (χ2n) is 4.93. The minimum absolute atomic E-state index is 0.01000. The molecule has 2 rings (SSSR count). The minimum Gasteiger partial charge on any atom is -0.380 e. The van der Waals surface area contributed by atoms with Crippen molar-refractivity contribution >= 4 is 46.7 Å². The lowest BCUT2D eigenvalue weighted by Crippen LogP contribution is -2.12. The first-order valence-corrected chi connectivity index (χ1v) is 11.3. The first-order valence-electron chi connectivity index (χ1n) is 6.18. The summed E-state index contributed by atoms with van der Waals surface area (Å²) in [6, 6.07) is 6.25. The monoisotopic (exact) mass is 395 g/mol. The number of anilines is 1. The zero-order valence-electron chi connectivity index (χ0n) is 12.4. The smallest absolute Gasteiger partial charge is 0.306 e. The molecule has 2 N–H and O–H groups in total. The molecule has 0 aliphatic rings. The van der Waals surface area contributed by atoms with Crippen LogP contribution in [0.4, 0.5) is 5.69 Å². The van der Waals surface area contributed by atoms with Gasteiger partial charge >= 0.3 is 10.1 Å². The third-order valence-corrected chi connectivity index (χ3v) is 4.72. The summed E-state index contributed by atoms with van der Waals surface area (Å²) in [6.07, 6.45) is 1.63. The highest BCUT2D eigenvalue weighted by Crippen LogP contribution is 2.37. The number of hydrogen-bond donors (Lipinski definition) is 2. The first kappa shape index (κ1) is 18.4. The summed E-state index contributed by atoms with van der Waals surface area (Å²) >= 11 is 0. The number of hydrogen-bond acceptors (Lipinski definition) is 7. The van der Waals surface area contributed by atoms with Gasteiger partial charge in [0.05, 0.1) is 18.2 Å². The molecule has 0 bridgehead atoms. The van der Waals surface area contributed by atoms with Crippen LogP contribution in [0, 0.1) is 0 Å². The average molecular weight is 395 g/mol. The summed E-state index contributed by atoms with van der Waals surface area (Å²) in [5.41, 5.74) is 0.0928. The van der Waals surface area contributed by atoms with Gasteiger partial charge in [-0.05, 0) is 12.1 Å². The van der Waals surface area contributed by atoms with Gasteiger partial charge in [-0.25, -0.2) is 8.42 Å². The Morgan fingerprint density at radius 2 is 1.54 bits per heavy atom. The van der Waals surface area contributed by atoms with Gasteiger partial charge in [-0.2, -0.15) is 16.8 Å². The molecule has 2 aromatic rings. The molecule has 0 aliphatic heterocycles. The van der Waals surface area contributed by atoms with Crippen molar-refractivity contribution in [3.05, 3.63) is 30.3 Å². The molecule has 12 heteroatoms. The molecule has 0 aromatic heterocycles. The Hall–Kier alpha value is -1.89. The van der Waals surface area contributed by atoms with Crippen LogP contribution in [0.2, 0.25) is 0 Å². The van der Waals surface area contributed by atoms with E-state index in [2.05, 4.69) is 4.72 Å². The summed E-state index contributed by atoms with van der Waals surface area (Å²) < 4.78 is 84.8. The van der Waals surface area contributed by atoms with Gasteiger partial charge in [-0.15, -0.1) is 0 Å². The van der Waals surface area contributed by atoms with Crippen molar-refractivity contribution in [2.75, 3.05) is 17.2 Å². The van der Waals surface area contributed by atoms with Crippen molar-refractivity contribution in [2.24, 2.45) is 0 Å². The highest BCUT2D eigenvalue weighted by molar-refractivity contribution is 7.92. The normalized spacial score (nSPS) is 13.0. The molecule has 0 saturated carbocycles. The lowest BCUT2D eigenvalue weighted by Gasteiger charge is -2.13. The van der Waals surface area contributed by atoms with E-state index in [0.717, 1.165) is 12.3 Å². The van der Waals surface area contributed by atoms with Crippen molar-refractivity contribution < 1.29 is 34.0 Å². The maximum atomic E-state index is 11.5. The van der Waals surface area contributed by atoms with E-state index >= 15 is 0 Å². The maximum Gasteiger partial charge on any atom is 0.306 e. The average Bonchev–Trinajstić information content (AvgIpc) is 2.34. The number of sulfonamides is 1. The molecular formula is C12H13NO8S3. The minimum atomic E-state index is -4.77. The highest BCUT2D eigenvalue weighted by atomic mass is 32.2. The van der Waals surface area contributed by atoms with Gasteiger partial charge in [-0.1, -0.05) is 18.2 Å². The van der Waals surface area contributed by atoms with Crippen LogP contribution in [0.15, 0.2) is 35.2 Å². The van der Waals surface area contributed by atoms with Crippen molar-refractivity contribution in [1.29, 1.82) is 0 Å². The second-order valence-corrected chi connectivity index (χ2v) is 9.64. The number of nitrogens with one attached hydrogen (secondary N) is 1. The molecule has 2 aromatic carbocycles. The van der Waals surface area contributed by atoms with E-state index < -0.39 is 40.9 Å². The molecule has 24 heavy (non-hydrogen) atoms. The van der Waals surface area contributed by atoms with Crippen LogP contribution in [0.3, 0.4) is 0 Å². The summed E-state index contributed by atoms with van der Waals surface area (Å²) in [7, 11) is -12.5. The third kappa shape index (κ3) is 4.35. The summed E-state index contributed by atoms with van der Waals surface area (Å²) in [5, 5.41) is 0.179. The molecule has 0 fully saturated rings. The Kier molecular flexibility index (Phi) is 4.52. The number of fused-ring (bicyclic) bond motifs is 1. The molecule has 0 atom stereocenters. The summed E-state index contributed by atoms with van der Waals surface area (Å²) in [6.45, 7) is 0. The quantitative estimate of drug-likeness (QED) is 0.559. The topological polar surface area (TPSA) is 144 Å². The zero-order valence-corrected chi connectivity index (χ0v) is 14.9. The zero-order chi connectivity index (χ0) is 18.3.